The molecule has 1 fully saturated rings. The SMILES string of the molecule is NNc1nccc(C(=O)NC2CCCNC2=O)c1F. The van der Waals surface area contributed by atoms with Gasteiger partial charge >= 0.3 is 0 Å². The highest BCUT2D eigenvalue weighted by atomic mass is 19.1. The third kappa shape index (κ3) is 2.79. The van der Waals surface area contributed by atoms with E-state index >= 15 is 0 Å². The maximum atomic E-state index is 13.8. The second-order valence-electron chi connectivity index (χ2n) is 4.12. The number of aromatic nitrogens is 1. The highest BCUT2D eigenvalue weighted by molar-refractivity contribution is 5.98. The molecule has 102 valence electrons. The second kappa shape index (κ2) is 5.61. The lowest BCUT2D eigenvalue weighted by Gasteiger charge is -2.22. The van der Waals surface area contributed by atoms with Crippen molar-refractivity contribution >= 4 is 17.6 Å². The zero-order valence-corrected chi connectivity index (χ0v) is 10.1. The summed E-state index contributed by atoms with van der Waals surface area (Å²) in [6, 6.07) is 0.592. The van der Waals surface area contributed by atoms with Gasteiger partial charge in [-0.1, -0.05) is 0 Å². The molecule has 8 heteroatoms. The van der Waals surface area contributed by atoms with Gasteiger partial charge in [-0.05, 0) is 18.9 Å². The molecule has 2 amide bonds. The largest absolute Gasteiger partial charge is 0.354 e. The minimum atomic E-state index is -0.848. The van der Waals surface area contributed by atoms with E-state index < -0.39 is 17.8 Å². The summed E-state index contributed by atoms with van der Waals surface area (Å²) in [6.45, 7) is 0.593. The van der Waals surface area contributed by atoms with Crippen LogP contribution in [0.15, 0.2) is 12.3 Å². The highest BCUT2D eigenvalue weighted by Gasteiger charge is 2.25. The number of carbonyl (C=O) groups excluding carboxylic acids is 2. The van der Waals surface area contributed by atoms with Crippen LogP contribution in [-0.2, 0) is 4.79 Å². The molecule has 1 atom stereocenters. The molecular weight excluding hydrogens is 253 g/mol. The van der Waals surface area contributed by atoms with Crippen LogP contribution in [-0.4, -0.2) is 29.4 Å². The lowest BCUT2D eigenvalue weighted by atomic mass is 10.1. The first kappa shape index (κ1) is 13.2. The molecule has 0 bridgehead atoms. The number of nitrogens with two attached hydrogens (primary N) is 1. The summed E-state index contributed by atoms with van der Waals surface area (Å²) in [4.78, 5) is 27.1. The van der Waals surface area contributed by atoms with Crippen molar-refractivity contribution < 1.29 is 14.0 Å². The number of halogens is 1. The highest BCUT2D eigenvalue weighted by Crippen LogP contribution is 2.14. The summed E-state index contributed by atoms with van der Waals surface area (Å²) in [5.74, 6) is 3.08. The number of hydrogen-bond donors (Lipinski definition) is 4. The molecule has 2 heterocycles. The van der Waals surface area contributed by atoms with Crippen LogP contribution in [0.3, 0.4) is 0 Å². The quantitative estimate of drug-likeness (QED) is 0.436. The Balaban J connectivity index is 2.13. The smallest absolute Gasteiger partial charge is 0.255 e. The molecule has 19 heavy (non-hydrogen) atoms. The van der Waals surface area contributed by atoms with Gasteiger partial charge in [0.25, 0.3) is 5.91 Å². The fourth-order valence-corrected chi connectivity index (χ4v) is 1.87. The van der Waals surface area contributed by atoms with E-state index in [2.05, 4.69) is 21.0 Å². The molecular formula is C11H14FN5O2. The number of nitrogen functional groups attached to an aromatic ring is 1. The summed E-state index contributed by atoms with van der Waals surface area (Å²) < 4.78 is 13.8. The van der Waals surface area contributed by atoms with E-state index in [1.807, 2.05) is 0 Å². The average Bonchev–Trinajstić information content (AvgIpc) is 2.41. The Hall–Kier alpha value is -2.22. The number of pyridine rings is 1. The van der Waals surface area contributed by atoms with Gasteiger partial charge in [0.2, 0.25) is 5.91 Å². The number of carbonyl (C=O) groups is 2. The van der Waals surface area contributed by atoms with Gasteiger partial charge in [0.15, 0.2) is 11.6 Å². The van der Waals surface area contributed by atoms with E-state index in [0.29, 0.717) is 13.0 Å². The van der Waals surface area contributed by atoms with Gasteiger partial charge in [0, 0.05) is 12.7 Å². The Morgan fingerprint density at radius 2 is 2.37 bits per heavy atom. The first-order chi connectivity index (χ1) is 9.13. The molecule has 1 saturated heterocycles. The number of anilines is 1. The van der Waals surface area contributed by atoms with Crippen LogP contribution in [0.4, 0.5) is 10.2 Å². The lowest BCUT2D eigenvalue weighted by Crippen LogP contribution is -2.50. The minimum Gasteiger partial charge on any atom is -0.354 e. The fourth-order valence-electron chi connectivity index (χ4n) is 1.87. The summed E-state index contributed by atoms with van der Waals surface area (Å²) in [6.07, 6.45) is 2.56. The van der Waals surface area contributed by atoms with Crippen LogP contribution in [0.5, 0.6) is 0 Å². The van der Waals surface area contributed by atoms with Crippen molar-refractivity contribution in [3.63, 3.8) is 0 Å². The second-order valence-corrected chi connectivity index (χ2v) is 4.12. The van der Waals surface area contributed by atoms with Crippen LogP contribution in [0.1, 0.15) is 23.2 Å². The molecule has 0 radical (unpaired) electrons. The van der Waals surface area contributed by atoms with Crippen molar-refractivity contribution in [2.45, 2.75) is 18.9 Å². The van der Waals surface area contributed by atoms with E-state index in [0.717, 1.165) is 6.42 Å². The van der Waals surface area contributed by atoms with Gasteiger partial charge in [-0.25, -0.2) is 15.2 Å². The van der Waals surface area contributed by atoms with Crippen LogP contribution < -0.4 is 21.9 Å². The zero-order chi connectivity index (χ0) is 13.8. The Morgan fingerprint density at radius 1 is 1.58 bits per heavy atom. The van der Waals surface area contributed by atoms with Crippen LogP contribution in [0.2, 0.25) is 0 Å². The normalized spacial score (nSPS) is 18.6. The van der Waals surface area contributed by atoms with E-state index in [1.165, 1.54) is 12.3 Å². The zero-order valence-electron chi connectivity index (χ0n) is 10.1. The Labute approximate surface area is 108 Å². The molecule has 0 saturated carbocycles. The Kier molecular flexibility index (Phi) is 3.91. The number of nitrogens with zero attached hydrogens (tertiary/aromatic N) is 1. The van der Waals surface area contributed by atoms with E-state index in [4.69, 9.17) is 5.84 Å². The van der Waals surface area contributed by atoms with Crippen LogP contribution in [0.25, 0.3) is 0 Å². The van der Waals surface area contributed by atoms with Crippen molar-refractivity contribution in [1.82, 2.24) is 15.6 Å². The van der Waals surface area contributed by atoms with Gasteiger partial charge in [0.05, 0.1) is 5.56 Å². The van der Waals surface area contributed by atoms with Crippen LogP contribution >= 0.6 is 0 Å². The van der Waals surface area contributed by atoms with Crippen LogP contribution in [0, 0.1) is 5.82 Å². The lowest BCUT2D eigenvalue weighted by molar-refractivity contribution is -0.124. The van der Waals surface area contributed by atoms with Crippen molar-refractivity contribution in [3.05, 3.63) is 23.6 Å². The van der Waals surface area contributed by atoms with E-state index in [1.54, 1.807) is 0 Å². The predicted octanol–water partition coefficient (Wildman–Crippen LogP) is -0.485. The number of nitrogens with one attached hydrogen (secondary N) is 3. The molecule has 1 aliphatic rings. The maximum absolute atomic E-state index is 13.8. The molecule has 5 N–H and O–H groups in total. The molecule has 1 unspecified atom stereocenters. The summed E-state index contributed by atoms with van der Waals surface area (Å²) in [5, 5.41) is 5.12. The third-order valence-electron chi connectivity index (χ3n) is 2.86. The molecule has 7 nitrogen and oxygen atoms in total. The van der Waals surface area contributed by atoms with Crippen molar-refractivity contribution in [3.8, 4) is 0 Å². The van der Waals surface area contributed by atoms with E-state index in [9.17, 15) is 14.0 Å². The molecule has 0 spiro atoms. The van der Waals surface area contributed by atoms with Gasteiger partial charge in [-0.2, -0.15) is 0 Å². The van der Waals surface area contributed by atoms with Crippen molar-refractivity contribution in [2.24, 2.45) is 5.84 Å². The molecule has 2 rings (SSSR count). The Bertz CT molecular complexity index is 508. The molecule has 0 aromatic carbocycles. The molecule has 1 aromatic heterocycles. The molecule has 1 aromatic rings. The Morgan fingerprint density at radius 3 is 3.05 bits per heavy atom. The topological polar surface area (TPSA) is 109 Å². The average molecular weight is 267 g/mol. The first-order valence-corrected chi connectivity index (χ1v) is 5.83. The third-order valence-corrected chi connectivity index (χ3v) is 2.86. The standard InChI is InChI=1S/C11H14FN5O2/c12-8-6(3-5-14-9(8)17-13)10(18)16-7-2-1-4-15-11(7)19/h3,5,7H,1-2,4,13H2,(H,14,17)(H,15,19)(H,16,18). The maximum Gasteiger partial charge on any atom is 0.255 e. The molecule has 1 aliphatic heterocycles. The number of rotatable bonds is 3. The number of amides is 2. The van der Waals surface area contributed by atoms with Crippen molar-refractivity contribution in [1.29, 1.82) is 0 Å². The summed E-state index contributed by atoms with van der Waals surface area (Å²) in [7, 11) is 0. The van der Waals surface area contributed by atoms with Gasteiger partial charge < -0.3 is 16.1 Å². The van der Waals surface area contributed by atoms with Crippen molar-refractivity contribution in [2.75, 3.05) is 12.0 Å². The molecule has 0 aliphatic carbocycles. The monoisotopic (exact) mass is 267 g/mol. The predicted molar refractivity (Wildman–Crippen MR) is 65.5 cm³/mol. The minimum absolute atomic E-state index is 0.207. The van der Waals surface area contributed by atoms with E-state index in [-0.39, 0.29) is 17.3 Å². The number of hydrogen-bond acceptors (Lipinski definition) is 5. The van der Waals surface area contributed by atoms with Gasteiger partial charge in [-0.3, -0.25) is 9.59 Å². The number of hydrazine groups is 1. The fraction of sp³-hybridized carbons (Fsp3) is 0.364. The van der Waals surface area contributed by atoms with Gasteiger partial charge in [0.1, 0.15) is 6.04 Å². The first-order valence-electron chi connectivity index (χ1n) is 5.83. The summed E-state index contributed by atoms with van der Waals surface area (Å²) >= 11 is 0. The summed E-state index contributed by atoms with van der Waals surface area (Å²) in [5.41, 5.74) is 1.85. The van der Waals surface area contributed by atoms with Gasteiger partial charge in [-0.15, -0.1) is 0 Å². The number of piperidine rings is 1.